The molecule has 1 atom stereocenters. The van der Waals surface area contributed by atoms with Crippen molar-refractivity contribution in [2.45, 2.75) is 25.3 Å². The summed E-state index contributed by atoms with van der Waals surface area (Å²) in [6.07, 6.45) is 3.34. The predicted molar refractivity (Wildman–Crippen MR) is 66.8 cm³/mol. The summed E-state index contributed by atoms with van der Waals surface area (Å²) in [7, 11) is 0. The Morgan fingerprint density at radius 3 is 2.87 bits per heavy atom. The monoisotopic (exact) mass is 250 g/mol. The van der Waals surface area contributed by atoms with Crippen LogP contribution in [0.2, 0.25) is 0 Å². The average molecular weight is 251 g/mol. The van der Waals surface area contributed by atoms with Gasteiger partial charge in [-0.1, -0.05) is 0 Å². The third-order valence-electron chi connectivity index (χ3n) is 2.89. The van der Waals surface area contributed by atoms with Gasteiger partial charge in [-0.15, -0.1) is 12.4 Å². The molecule has 1 N–H and O–H groups in total. The van der Waals surface area contributed by atoms with Gasteiger partial charge < -0.3 is 10.2 Å². The molecule has 0 spiro atoms. The topological polar surface area (TPSA) is 32.3 Å². The van der Waals surface area contributed by atoms with E-state index in [0.717, 1.165) is 44.6 Å². The van der Waals surface area contributed by atoms with Crippen LogP contribution in [-0.4, -0.2) is 48.0 Å². The lowest BCUT2D eigenvalue weighted by Crippen LogP contribution is -2.44. The lowest BCUT2D eigenvalue weighted by Gasteiger charge is -2.23. The minimum atomic E-state index is 0. The van der Waals surface area contributed by atoms with E-state index in [1.807, 2.05) is 16.7 Å². The number of rotatable bonds is 1. The van der Waals surface area contributed by atoms with E-state index >= 15 is 0 Å². The number of nitrogens with one attached hydrogen (secondary N) is 1. The van der Waals surface area contributed by atoms with Gasteiger partial charge in [-0.2, -0.15) is 11.8 Å². The van der Waals surface area contributed by atoms with Crippen molar-refractivity contribution >= 4 is 30.1 Å². The molecule has 0 aliphatic carbocycles. The maximum atomic E-state index is 12.0. The van der Waals surface area contributed by atoms with Crippen LogP contribution in [0.1, 0.15) is 19.3 Å². The zero-order valence-electron chi connectivity index (χ0n) is 8.91. The molecule has 2 aliphatic rings. The van der Waals surface area contributed by atoms with Gasteiger partial charge in [0.15, 0.2) is 0 Å². The summed E-state index contributed by atoms with van der Waals surface area (Å²) in [5.74, 6) is 2.66. The van der Waals surface area contributed by atoms with E-state index in [1.54, 1.807) is 0 Å². The highest BCUT2D eigenvalue weighted by Gasteiger charge is 2.26. The summed E-state index contributed by atoms with van der Waals surface area (Å²) >= 11 is 1.97. The van der Waals surface area contributed by atoms with E-state index in [-0.39, 0.29) is 18.4 Å². The Balaban J connectivity index is 0.00000112. The molecule has 2 heterocycles. The molecule has 5 heteroatoms. The van der Waals surface area contributed by atoms with Crippen molar-refractivity contribution in [1.82, 2.24) is 10.2 Å². The summed E-state index contributed by atoms with van der Waals surface area (Å²) < 4.78 is 0. The van der Waals surface area contributed by atoms with E-state index in [2.05, 4.69) is 5.32 Å². The first-order valence-corrected chi connectivity index (χ1v) is 6.63. The Bertz CT molecular complexity index is 202. The molecular weight excluding hydrogens is 232 g/mol. The second kappa shape index (κ2) is 6.61. The normalized spacial score (nSPS) is 26.9. The maximum absolute atomic E-state index is 12.0. The Hall–Kier alpha value is 0.0700. The predicted octanol–water partition coefficient (Wildman–Crippen LogP) is 1.13. The quantitative estimate of drug-likeness (QED) is 0.757. The first-order chi connectivity index (χ1) is 6.88. The summed E-state index contributed by atoms with van der Waals surface area (Å²) in [5, 5.41) is 3.28. The first kappa shape index (κ1) is 13.1. The molecule has 1 amide bonds. The van der Waals surface area contributed by atoms with Gasteiger partial charge in [-0.05, 0) is 31.6 Å². The smallest absolute Gasteiger partial charge is 0.239 e. The van der Waals surface area contributed by atoms with Gasteiger partial charge in [0.05, 0.1) is 6.04 Å². The van der Waals surface area contributed by atoms with E-state index in [4.69, 9.17) is 0 Å². The van der Waals surface area contributed by atoms with Gasteiger partial charge in [0.1, 0.15) is 0 Å². The van der Waals surface area contributed by atoms with Crippen LogP contribution < -0.4 is 5.32 Å². The molecule has 1 unspecified atom stereocenters. The van der Waals surface area contributed by atoms with Crippen molar-refractivity contribution in [2.24, 2.45) is 0 Å². The highest BCUT2D eigenvalue weighted by molar-refractivity contribution is 7.99. The minimum Gasteiger partial charge on any atom is -0.340 e. The molecule has 2 aliphatic heterocycles. The molecule has 0 radical (unpaired) electrons. The summed E-state index contributed by atoms with van der Waals surface area (Å²) in [4.78, 5) is 14.1. The number of thioether (sulfide) groups is 1. The molecule has 2 rings (SSSR count). The van der Waals surface area contributed by atoms with Crippen molar-refractivity contribution in [3.05, 3.63) is 0 Å². The Morgan fingerprint density at radius 1 is 1.27 bits per heavy atom. The molecule has 3 nitrogen and oxygen atoms in total. The van der Waals surface area contributed by atoms with Crippen LogP contribution in [0.15, 0.2) is 0 Å². The van der Waals surface area contributed by atoms with Crippen molar-refractivity contribution in [2.75, 3.05) is 31.1 Å². The fourth-order valence-corrected chi connectivity index (χ4v) is 2.97. The van der Waals surface area contributed by atoms with Crippen LogP contribution >= 0.6 is 24.2 Å². The second-order valence-electron chi connectivity index (χ2n) is 3.94. The average Bonchev–Trinajstić information content (AvgIpc) is 2.59. The highest BCUT2D eigenvalue weighted by atomic mass is 35.5. The Labute approximate surface area is 102 Å². The zero-order chi connectivity index (χ0) is 9.80. The van der Waals surface area contributed by atoms with E-state index in [1.165, 1.54) is 5.75 Å². The number of nitrogens with zero attached hydrogens (tertiary/aromatic N) is 1. The van der Waals surface area contributed by atoms with Crippen molar-refractivity contribution in [3.63, 3.8) is 0 Å². The molecular formula is C10H19ClN2OS. The standard InChI is InChI=1S/C10H18N2OS.ClH/c13-10(9-3-1-4-11-9)12-5-2-7-14-8-6-12;/h9,11H,1-8H2;1H. The number of amides is 1. The molecule has 2 fully saturated rings. The minimum absolute atomic E-state index is 0. The molecule has 0 saturated carbocycles. The van der Waals surface area contributed by atoms with Gasteiger partial charge in [-0.3, -0.25) is 4.79 Å². The van der Waals surface area contributed by atoms with Gasteiger partial charge in [0.25, 0.3) is 0 Å². The highest BCUT2D eigenvalue weighted by Crippen LogP contribution is 2.14. The SMILES string of the molecule is Cl.O=C(C1CCCN1)N1CCCSCC1. The third-order valence-corrected chi connectivity index (χ3v) is 3.94. The number of carbonyl (C=O) groups excluding carboxylic acids is 1. The van der Waals surface area contributed by atoms with Crippen molar-refractivity contribution in [1.29, 1.82) is 0 Å². The molecule has 0 aromatic rings. The van der Waals surface area contributed by atoms with Crippen LogP contribution in [0.3, 0.4) is 0 Å². The van der Waals surface area contributed by atoms with Gasteiger partial charge in [0.2, 0.25) is 5.91 Å². The summed E-state index contributed by atoms with van der Waals surface area (Å²) in [6.45, 7) is 2.92. The first-order valence-electron chi connectivity index (χ1n) is 5.48. The molecule has 0 aromatic heterocycles. The zero-order valence-corrected chi connectivity index (χ0v) is 10.5. The number of carbonyl (C=O) groups is 1. The van der Waals surface area contributed by atoms with E-state index < -0.39 is 0 Å². The number of halogens is 1. The van der Waals surface area contributed by atoms with Crippen molar-refractivity contribution < 1.29 is 4.79 Å². The molecule has 88 valence electrons. The fraction of sp³-hybridized carbons (Fsp3) is 0.900. The number of hydrogen-bond donors (Lipinski definition) is 1. The molecule has 15 heavy (non-hydrogen) atoms. The largest absolute Gasteiger partial charge is 0.340 e. The van der Waals surface area contributed by atoms with E-state index in [0.29, 0.717) is 5.91 Å². The fourth-order valence-electron chi connectivity index (χ4n) is 2.08. The van der Waals surface area contributed by atoms with Crippen molar-refractivity contribution in [3.8, 4) is 0 Å². The Kier molecular flexibility index (Phi) is 5.79. The van der Waals surface area contributed by atoms with Crippen LogP contribution in [0, 0.1) is 0 Å². The summed E-state index contributed by atoms with van der Waals surface area (Å²) in [6, 6.07) is 0.123. The lowest BCUT2D eigenvalue weighted by molar-refractivity contribution is -0.132. The maximum Gasteiger partial charge on any atom is 0.239 e. The van der Waals surface area contributed by atoms with Gasteiger partial charge in [0, 0.05) is 18.8 Å². The van der Waals surface area contributed by atoms with Gasteiger partial charge >= 0.3 is 0 Å². The third kappa shape index (κ3) is 3.54. The van der Waals surface area contributed by atoms with Crippen LogP contribution in [0.25, 0.3) is 0 Å². The molecule has 0 bridgehead atoms. The van der Waals surface area contributed by atoms with Gasteiger partial charge in [-0.25, -0.2) is 0 Å². The van der Waals surface area contributed by atoms with Crippen LogP contribution in [0.5, 0.6) is 0 Å². The number of hydrogen-bond acceptors (Lipinski definition) is 3. The van der Waals surface area contributed by atoms with Crippen LogP contribution in [0.4, 0.5) is 0 Å². The second-order valence-corrected chi connectivity index (χ2v) is 5.16. The summed E-state index contributed by atoms with van der Waals surface area (Å²) in [5.41, 5.74) is 0. The van der Waals surface area contributed by atoms with Crippen LogP contribution in [-0.2, 0) is 4.79 Å². The molecule has 0 aromatic carbocycles. The molecule has 2 saturated heterocycles. The Morgan fingerprint density at radius 2 is 2.13 bits per heavy atom. The van der Waals surface area contributed by atoms with E-state index in [9.17, 15) is 4.79 Å². The lowest BCUT2D eigenvalue weighted by atomic mass is 10.2.